The van der Waals surface area contributed by atoms with Crippen molar-refractivity contribution < 1.29 is 13.5 Å². The molecular weight excluding hydrogens is 152 g/mol. The maximum atomic E-state index is 11.0. The van der Waals surface area contributed by atoms with Gasteiger partial charge in [-0.3, -0.25) is 0 Å². The van der Waals surface area contributed by atoms with Crippen molar-refractivity contribution in [1.82, 2.24) is 0 Å². The van der Waals surface area contributed by atoms with E-state index in [4.69, 9.17) is 5.11 Å². The third-order valence-electron chi connectivity index (χ3n) is 1.99. The normalized spacial score (nSPS) is 21.7. The monoisotopic (exact) mass is 164 g/mol. The Morgan fingerprint density at radius 1 is 1.30 bits per heavy atom. The fraction of sp³-hybridized carbons (Fsp3) is 1.00. The average Bonchev–Trinajstić information content (AvgIpc) is 2.38. The van der Waals surface area contributed by atoms with Gasteiger partial charge in [-0.1, -0.05) is 12.8 Å². The van der Waals surface area contributed by atoms with Crippen LogP contribution in [-0.4, -0.2) is 24.7 Å². The Morgan fingerprint density at radius 2 is 1.80 bits per heavy atom. The van der Waals surface area contributed by atoms with Crippen LogP contribution in [0.5, 0.6) is 0 Å². The molecule has 0 aromatic rings. The predicted octanol–water partition coefficient (Wildman–Crippen LogP) is 0.294. The lowest BCUT2D eigenvalue weighted by atomic mass is 10.4. The first-order valence-corrected chi connectivity index (χ1v) is 5.21. The van der Waals surface area contributed by atoms with Gasteiger partial charge >= 0.3 is 0 Å². The molecule has 1 fully saturated rings. The van der Waals surface area contributed by atoms with Crippen molar-refractivity contribution in [3.05, 3.63) is 0 Å². The summed E-state index contributed by atoms with van der Waals surface area (Å²) in [4.78, 5) is 0. The van der Waals surface area contributed by atoms with E-state index in [-0.39, 0.29) is 5.25 Å². The zero-order chi connectivity index (χ0) is 7.61. The van der Waals surface area contributed by atoms with E-state index in [2.05, 4.69) is 0 Å². The molecule has 0 saturated heterocycles. The summed E-state index contributed by atoms with van der Waals surface area (Å²) in [5, 5.41) is 8.21. The Bertz CT molecular complexity index is 189. The summed E-state index contributed by atoms with van der Waals surface area (Å²) in [6, 6.07) is 0. The van der Waals surface area contributed by atoms with Crippen LogP contribution in [0.15, 0.2) is 0 Å². The van der Waals surface area contributed by atoms with Crippen molar-refractivity contribution in [2.45, 2.75) is 30.9 Å². The zero-order valence-electron chi connectivity index (χ0n) is 5.78. The molecule has 1 N–H and O–H groups in total. The minimum atomic E-state index is -3.14. The second-order valence-electron chi connectivity index (χ2n) is 2.70. The first kappa shape index (κ1) is 8.01. The molecule has 0 bridgehead atoms. The van der Waals surface area contributed by atoms with Crippen molar-refractivity contribution >= 4 is 9.84 Å². The van der Waals surface area contributed by atoms with Gasteiger partial charge in [-0.15, -0.1) is 0 Å². The van der Waals surface area contributed by atoms with Gasteiger partial charge in [-0.05, 0) is 12.8 Å². The van der Waals surface area contributed by atoms with Crippen LogP contribution in [0.25, 0.3) is 0 Å². The van der Waals surface area contributed by atoms with E-state index in [1.54, 1.807) is 0 Å². The first-order chi connectivity index (χ1) is 4.67. The molecule has 1 aliphatic rings. The molecule has 0 radical (unpaired) electrons. The quantitative estimate of drug-likeness (QED) is 0.638. The van der Waals surface area contributed by atoms with Crippen LogP contribution < -0.4 is 0 Å². The van der Waals surface area contributed by atoms with Gasteiger partial charge in [0.05, 0.1) is 5.25 Å². The number of hydrogen-bond acceptors (Lipinski definition) is 3. The van der Waals surface area contributed by atoms with E-state index in [0.717, 1.165) is 25.7 Å². The summed E-state index contributed by atoms with van der Waals surface area (Å²) in [6.07, 6.45) is 3.46. The fourth-order valence-corrected chi connectivity index (χ4v) is 2.62. The Kier molecular flexibility index (Phi) is 2.31. The molecule has 0 heterocycles. The van der Waals surface area contributed by atoms with Crippen LogP contribution in [0.3, 0.4) is 0 Å². The number of aliphatic hydroxyl groups is 1. The molecule has 0 amide bonds. The average molecular weight is 164 g/mol. The van der Waals surface area contributed by atoms with Crippen molar-refractivity contribution in [1.29, 1.82) is 0 Å². The highest BCUT2D eigenvalue weighted by Crippen LogP contribution is 2.24. The van der Waals surface area contributed by atoms with E-state index < -0.39 is 15.8 Å². The highest BCUT2D eigenvalue weighted by Gasteiger charge is 2.27. The maximum Gasteiger partial charge on any atom is 0.176 e. The topological polar surface area (TPSA) is 54.4 Å². The molecule has 3 nitrogen and oxygen atoms in total. The number of sulfone groups is 1. The molecule has 0 aliphatic heterocycles. The molecule has 1 aliphatic carbocycles. The molecule has 0 atom stereocenters. The molecule has 0 spiro atoms. The van der Waals surface area contributed by atoms with Gasteiger partial charge in [0.1, 0.15) is 5.94 Å². The predicted molar refractivity (Wildman–Crippen MR) is 38.3 cm³/mol. The van der Waals surface area contributed by atoms with Gasteiger partial charge < -0.3 is 5.11 Å². The summed E-state index contributed by atoms with van der Waals surface area (Å²) >= 11 is 0. The lowest BCUT2D eigenvalue weighted by Gasteiger charge is -2.06. The molecule has 0 unspecified atom stereocenters. The second-order valence-corrected chi connectivity index (χ2v) is 4.95. The molecule has 1 rings (SSSR count). The van der Waals surface area contributed by atoms with E-state index in [0.29, 0.717) is 0 Å². The third kappa shape index (κ3) is 1.49. The summed E-state index contributed by atoms with van der Waals surface area (Å²) in [5.74, 6) is -0.683. The van der Waals surface area contributed by atoms with Crippen molar-refractivity contribution in [3.8, 4) is 0 Å². The summed E-state index contributed by atoms with van der Waals surface area (Å²) < 4.78 is 21.9. The van der Waals surface area contributed by atoms with Crippen molar-refractivity contribution in [3.63, 3.8) is 0 Å². The van der Waals surface area contributed by atoms with E-state index in [1.165, 1.54) is 0 Å². The van der Waals surface area contributed by atoms with Crippen molar-refractivity contribution in [2.75, 3.05) is 5.94 Å². The molecule has 60 valence electrons. The van der Waals surface area contributed by atoms with Crippen LogP contribution in [0, 0.1) is 0 Å². The number of hydrogen-bond donors (Lipinski definition) is 1. The Hall–Kier alpha value is -0.0900. The zero-order valence-corrected chi connectivity index (χ0v) is 6.60. The van der Waals surface area contributed by atoms with Gasteiger partial charge in [0, 0.05) is 0 Å². The van der Waals surface area contributed by atoms with Crippen LogP contribution in [0.2, 0.25) is 0 Å². The third-order valence-corrected chi connectivity index (χ3v) is 3.84. The van der Waals surface area contributed by atoms with Crippen LogP contribution in [-0.2, 0) is 9.84 Å². The Balaban J connectivity index is 2.63. The highest BCUT2D eigenvalue weighted by atomic mass is 32.2. The minimum Gasteiger partial charge on any atom is -0.380 e. The molecule has 10 heavy (non-hydrogen) atoms. The first-order valence-electron chi connectivity index (χ1n) is 3.49. The van der Waals surface area contributed by atoms with Gasteiger partial charge in [0.15, 0.2) is 9.84 Å². The Morgan fingerprint density at radius 3 is 2.20 bits per heavy atom. The lowest BCUT2D eigenvalue weighted by molar-refractivity contribution is 0.356. The summed E-state index contributed by atoms with van der Waals surface area (Å²) in [5.41, 5.74) is 0. The maximum absolute atomic E-state index is 11.0. The van der Waals surface area contributed by atoms with Gasteiger partial charge in [-0.25, -0.2) is 8.42 Å². The van der Waals surface area contributed by atoms with E-state index in [9.17, 15) is 8.42 Å². The van der Waals surface area contributed by atoms with Crippen LogP contribution >= 0.6 is 0 Å². The number of rotatable bonds is 2. The smallest absolute Gasteiger partial charge is 0.176 e. The van der Waals surface area contributed by atoms with Gasteiger partial charge in [0.2, 0.25) is 0 Å². The van der Waals surface area contributed by atoms with E-state index in [1.807, 2.05) is 0 Å². The van der Waals surface area contributed by atoms with E-state index >= 15 is 0 Å². The van der Waals surface area contributed by atoms with Gasteiger partial charge in [0.25, 0.3) is 0 Å². The summed E-state index contributed by atoms with van der Waals surface area (Å²) in [7, 11) is -3.14. The lowest BCUT2D eigenvalue weighted by Crippen LogP contribution is -2.20. The number of aliphatic hydroxyl groups excluding tert-OH is 1. The standard InChI is InChI=1S/C6H12O3S/c7-5-10(8,9)6-3-1-2-4-6/h6-7H,1-5H2. The summed E-state index contributed by atoms with van der Waals surface area (Å²) in [6.45, 7) is 0. The highest BCUT2D eigenvalue weighted by molar-refractivity contribution is 7.91. The second kappa shape index (κ2) is 2.88. The molecule has 0 aromatic carbocycles. The molecule has 1 saturated carbocycles. The fourth-order valence-electron chi connectivity index (χ4n) is 1.35. The van der Waals surface area contributed by atoms with Crippen LogP contribution in [0.1, 0.15) is 25.7 Å². The Labute approximate surface area is 61.0 Å². The largest absolute Gasteiger partial charge is 0.380 e. The van der Waals surface area contributed by atoms with Crippen molar-refractivity contribution in [2.24, 2.45) is 0 Å². The van der Waals surface area contributed by atoms with Gasteiger partial charge in [-0.2, -0.15) is 0 Å². The molecular formula is C6H12O3S. The SMILES string of the molecule is O=S(=O)(CO)C1CCCC1. The molecule has 0 aromatic heterocycles. The minimum absolute atomic E-state index is 0.252. The molecule has 4 heteroatoms. The van der Waals surface area contributed by atoms with Crippen LogP contribution in [0.4, 0.5) is 0 Å².